The highest BCUT2D eigenvalue weighted by atomic mass is 127. The quantitative estimate of drug-likeness (QED) is 0.183. The molecule has 0 radical (unpaired) electrons. The lowest BCUT2D eigenvalue weighted by Gasteiger charge is -2.11. The van der Waals surface area contributed by atoms with E-state index >= 15 is 0 Å². The third kappa shape index (κ3) is 11.0. The molecule has 7 heteroatoms. The second-order valence-electron chi connectivity index (χ2n) is 4.27. The molecule has 1 rings (SSSR count). The van der Waals surface area contributed by atoms with Crippen molar-refractivity contribution in [2.24, 2.45) is 4.99 Å². The zero-order valence-electron chi connectivity index (χ0n) is 13.0. The Kier molecular flexibility index (Phi) is 14.8. The number of ether oxygens (including phenoxy) is 1. The molecule has 0 fully saturated rings. The minimum Gasteiger partial charge on any atom is -0.467 e. The fraction of sp³-hybridized carbons (Fsp3) is 0.533. The Hall–Kier alpha value is -0.670. The number of halogens is 1. The van der Waals surface area contributed by atoms with Crippen LogP contribution in [0.4, 0.5) is 0 Å². The first-order valence-electron chi connectivity index (χ1n) is 7.10. The highest BCUT2D eigenvalue weighted by molar-refractivity contribution is 14.0. The lowest BCUT2D eigenvalue weighted by Crippen LogP contribution is -2.39. The maximum absolute atomic E-state index is 5.51. The molecular weight excluding hydrogens is 413 g/mol. The lowest BCUT2D eigenvalue weighted by molar-refractivity contribution is 0.105. The number of nitrogens with zero attached hydrogens (tertiary/aromatic N) is 1. The summed E-state index contributed by atoms with van der Waals surface area (Å²) in [5, 5.41) is 6.53. The van der Waals surface area contributed by atoms with Crippen LogP contribution in [0.25, 0.3) is 0 Å². The van der Waals surface area contributed by atoms with Gasteiger partial charge >= 0.3 is 0 Å². The van der Waals surface area contributed by atoms with Gasteiger partial charge in [-0.2, -0.15) is 11.8 Å². The molecule has 0 bridgehead atoms. The summed E-state index contributed by atoms with van der Waals surface area (Å²) >= 11 is 1.85. The summed E-state index contributed by atoms with van der Waals surface area (Å²) in [7, 11) is 1.78. The second kappa shape index (κ2) is 15.2. The van der Waals surface area contributed by atoms with Gasteiger partial charge in [0.2, 0.25) is 0 Å². The van der Waals surface area contributed by atoms with Gasteiger partial charge in [0, 0.05) is 38.2 Å². The maximum Gasteiger partial charge on any atom is 0.191 e. The second-order valence-corrected chi connectivity index (χ2v) is 5.42. The van der Waals surface area contributed by atoms with Crippen molar-refractivity contribution in [3.8, 4) is 0 Å². The highest BCUT2D eigenvalue weighted by Crippen LogP contribution is 2.01. The van der Waals surface area contributed by atoms with Crippen molar-refractivity contribution in [1.29, 1.82) is 0 Å². The topological polar surface area (TPSA) is 58.8 Å². The van der Waals surface area contributed by atoms with Gasteiger partial charge in [0.15, 0.2) is 5.96 Å². The third-order valence-corrected chi connectivity index (χ3v) is 3.54. The molecule has 0 unspecified atom stereocenters. The van der Waals surface area contributed by atoms with Crippen LogP contribution >= 0.6 is 35.7 Å². The molecule has 0 atom stereocenters. The lowest BCUT2D eigenvalue weighted by atomic mass is 10.4. The van der Waals surface area contributed by atoms with Gasteiger partial charge in [-0.15, -0.1) is 30.6 Å². The van der Waals surface area contributed by atoms with Crippen molar-refractivity contribution in [3.05, 3.63) is 36.8 Å². The van der Waals surface area contributed by atoms with E-state index in [-0.39, 0.29) is 24.0 Å². The van der Waals surface area contributed by atoms with Crippen LogP contribution in [-0.4, -0.2) is 44.2 Å². The van der Waals surface area contributed by atoms with E-state index in [0.29, 0.717) is 13.2 Å². The Morgan fingerprint density at radius 2 is 2.27 bits per heavy atom. The molecule has 0 saturated heterocycles. The first-order valence-corrected chi connectivity index (χ1v) is 8.25. The van der Waals surface area contributed by atoms with Crippen molar-refractivity contribution >= 4 is 41.7 Å². The Labute approximate surface area is 154 Å². The van der Waals surface area contributed by atoms with Crippen molar-refractivity contribution < 1.29 is 9.15 Å². The van der Waals surface area contributed by atoms with Crippen LogP contribution in [0, 0.1) is 0 Å². The van der Waals surface area contributed by atoms with Crippen molar-refractivity contribution in [2.45, 2.75) is 13.0 Å². The van der Waals surface area contributed by atoms with Gasteiger partial charge < -0.3 is 19.8 Å². The number of nitrogens with one attached hydrogen (secondary N) is 2. The Morgan fingerprint density at radius 1 is 1.45 bits per heavy atom. The molecule has 22 heavy (non-hydrogen) atoms. The zero-order valence-corrected chi connectivity index (χ0v) is 16.2. The minimum atomic E-state index is 0. The van der Waals surface area contributed by atoms with Gasteiger partial charge in [-0.3, -0.25) is 4.99 Å². The molecule has 0 saturated carbocycles. The first-order chi connectivity index (χ1) is 10.4. The van der Waals surface area contributed by atoms with E-state index in [1.165, 1.54) is 0 Å². The van der Waals surface area contributed by atoms with Gasteiger partial charge in [0.25, 0.3) is 0 Å². The van der Waals surface area contributed by atoms with E-state index in [2.05, 4.69) is 22.2 Å². The standard InChI is InChI=1S/C15H25N3O2S.HI/c1-3-11-21-12-8-18-15(16-2)17-7-5-9-19-13-14-6-4-10-20-14;/h3-4,6,10H,1,5,7-9,11-13H2,2H3,(H2,16,17,18);1H. The Balaban J connectivity index is 0.00000441. The smallest absolute Gasteiger partial charge is 0.191 e. The van der Waals surface area contributed by atoms with E-state index in [0.717, 1.165) is 42.7 Å². The van der Waals surface area contributed by atoms with Crippen LogP contribution in [0.1, 0.15) is 12.2 Å². The van der Waals surface area contributed by atoms with Crippen LogP contribution < -0.4 is 10.6 Å². The number of thioether (sulfide) groups is 1. The molecular formula is C15H26IN3O2S. The maximum atomic E-state index is 5.51. The van der Waals surface area contributed by atoms with E-state index in [1.807, 2.05) is 30.0 Å². The summed E-state index contributed by atoms with van der Waals surface area (Å²) in [6.07, 6.45) is 4.50. The monoisotopic (exact) mass is 439 g/mol. The summed E-state index contributed by atoms with van der Waals surface area (Å²) in [6, 6.07) is 3.78. The number of guanidine groups is 1. The van der Waals surface area contributed by atoms with Crippen molar-refractivity contribution in [1.82, 2.24) is 10.6 Å². The molecule has 2 N–H and O–H groups in total. The molecule has 1 heterocycles. The molecule has 126 valence electrons. The van der Waals surface area contributed by atoms with Gasteiger partial charge in [0.1, 0.15) is 12.4 Å². The number of aliphatic imine (C=N–C) groups is 1. The molecule has 0 aliphatic heterocycles. The molecule has 0 aliphatic carbocycles. The average Bonchev–Trinajstić information content (AvgIpc) is 3.01. The van der Waals surface area contributed by atoms with E-state index in [9.17, 15) is 0 Å². The minimum absolute atomic E-state index is 0. The van der Waals surface area contributed by atoms with Gasteiger partial charge in [0.05, 0.1) is 6.26 Å². The van der Waals surface area contributed by atoms with Crippen LogP contribution in [-0.2, 0) is 11.3 Å². The summed E-state index contributed by atoms with van der Waals surface area (Å²) in [5.41, 5.74) is 0. The number of hydrogen-bond donors (Lipinski definition) is 2. The van der Waals surface area contributed by atoms with E-state index in [1.54, 1.807) is 13.3 Å². The summed E-state index contributed by atoms with van der Waals surface area (Å²) in [4.78, 5) is 4.17. The summed E-state index contributed by atoms with van der Waals surface area (Å²) < 4.78 is 10.7. The number of furan rings is 1. The van der Waals surface area contributed by atoms with Gasteiger partial charge in [-0.25, -0.2) is 0 Å². The third-order valence-electron chi connectivity index (χ3n) is 2.58. The van der Waals surface area contributed by atoms with Gasteiger partial charge in [-0.05, 0) is 18.6 Å². The fourth-order valence-corrected chi connectivity index (χ4v) is 2.16. The normalized spacial score (nSPS) is 10.9. The van der Waals surface area contributed by atoms with Crippen molar-refractivity contribution in [3.63, 3.8) is 0 Å². The zero-order chi connectivity index (χ0) is 15.2. The largest absolute Gasteiger partial charge is 0.467 e. The van der Waals surface area contributed by atoms with Gasteiger partial charge in [-0.1, -0.05) is 6.08 Å². The van der Waals surface area contributed by atoms with E-state index in [4.69, 9.17) is 9.15 Å². The van der Waals surface area contributed by atoms with E-state index < -0.39 is 0 Å². The Morgan fingerprint density at radius 3 is 2.95 bits per heavy atom. The average molecular weight is 439 g/mol. The fourth-order valence-electron chi connectivity index (χ4n) is 1.58. The SMILES string of the molecule is C=CCSCCNC(=NC)NCCCOCc1ccco1.I. The molecule has 1 aromatic rings. The predicted octanol–water partition coefficient (Wildman–Crippen LogP) is 2.89. The molecule has 5 nitrogen and oxygen atoms in total. The molecule has 0 amide bonds. The Bertz CT molecular complexity index is 400. The predicted molar refractivity (Wildman–Crippen MR) is 105 cm³/mol. The first kappa shape index (κ1) is 21.3. The van der Waals surface area contributed by atoms with Crippen LogP contribution in [0.5, 0.6) is 0 Å². The van der Waals surface area contributed by atoms with Crippen LogP contribution in [0.2, 0.25) is 0 Å². The molecule has 0 aromatic carbocycles. The summed E-state index contributed by atoms with van der Waals surface area (Å²) in [5.74, 6) is 3.72. The molecule has 0 spiro atoms. The molecule has 1 aromatic heterocycles. The number of hydrogen-bond acceptors (Lipinski definition) is 4. The van der Waals surface area contributed by atoms with Crippen LogP contribution in [0.15, 0.2) is 40.5 Å². The summed E-state index contributed by atoms with van der Waals surface area (Å²) in [6.45, 7) is 6.65. The van der Waals surface area contributed by atoms with Crippen molar-refractivity contribution in [2.75, 3.05) is 38.2 Å². The van der Waals surface area contributed by atoms with Crippen LogP contribution in [0.3, 0.4) is 0 Å². The molecule has 0 aliphatic rings. The number of rotatable bonds is 11. The highest BCUT2D eigenvalue weighted by Gasteiger charge is 1.98.